The van der Waals surface area contributed by atoms with Gasteiger partial charge in [0.05, 0.1) is 12.2 Å². The van der Waals surface area contributed by atoms with Gasteiger partial charge in [0.15, 0.2) is 0 Å². The van der Waals surface area contributed by atoms with Gasteiger partial charge in [0.2, 0.25) is 0 Å². The maximum absolute atomic E-state index is 4.33. The van der Waals surface area contributed by atoms with Gasteiger partial charge in [-0.15, -0.1) is 0 Å². The van der Waals surface area contributed by atoms with Crippen LogP contribution in [0, 0.1) is 13.8 Å². The Kier molecular flexibility index (Phi) is 2.31. The van der Waals surface area contributed by atoms with Gasteiger partial charge >= 0.3 is 0 Å². The minimum absolute atomic E-state index is 0.755. The minimum atomic E-state index is 0.755. The SMILES string of the molecule is Cc1cccnc1Cn1nccc1C. The van der Waals surface area contributed by atoms with Gasteiger partial charge in [-0.25, -0.2) is 0 Å². The lowest BCUT2D eigenvalue weighted by Crippen LogP contribution is -2.06. The van der Waals surface area contributed by atoms with Gasteiger partial charge in [-0.3, -0.25) is 9.67 Å². The average Bonchev–Trinajstić information content (AvgIpc) is 2.56. The summed E-state index contributed by atoms with van der Waals surface area (Å²) >= 11 is 0. The van der Waals surface area contributed by atoms with Crippen LogP contribution in [-0.2, 0) is 6.54 Å². The zero-order chi connectivity index (χ0) is 9.97. The average molecular weight is 187 g/mol. The third-order valence-electron chi connectivity index (χ3n) is 2.35. The predicted molar refractivity (Wildman–Crippen MR) is 55.0 cm³/mol. The van der Waals surface area contributed by atoms with Crippen LogP contribution in [0.1, 0.15) is 17.0 Å². The van der Waals surface area contributed by atoms with E-state index >= 15 is 0 Å². The second-order valence-corrected chi connectivity index (χ2v) is 3.40. The lowest BCUT2D eigenvalue weighted by atomic mass is 10.2. The number of rotatable bonds is 2. The molecule has 0 aliphatic heterocycles. The van der Waals surface area contributed by atoms with Crippen molar-refractivity contribution in [3.05, 3.63) is 47.5 Å². The summed E-state index contributed by atoms with van der Waals surface area (Å²) in [5.41, 5.74) is 3.46. The topological polar surface area (TPSA) is 30.7 Å². The molecule has 14 heavy (non-hydrogen) atoms. The fourth-order valence-corrected chi connectivity index (χ4v) is 1.39. The third kappa shape index (κ3) is 1.66. The first-order valence-electron chi connectivity index (χ1n) is 4.66. The summed E-state index contributed by atoms with van der Waals surface area (Å²) in [7, 11) is 0. The Hall–Kier alpha value is -1.64. The van der Waals surface area contributed by atoms with Gasteiger partial charge in [0, 0.05) is 18.1 Å². The molecule has 0 saturated carbocycles. The second kappa shape index (κ2) is 3.62. The lowest BCUT2D eigenvalue weighted by molar-refractivity contribution is 0.649. The van der Waals surface area contributed by atoms with E-state index in [1.54, 1.807) is 0 Å². The molecule has 0 radical (unpaired) electrons. The van der Waals surface area contributed by atoms with Crippen molar-refractivity contribution < 1.29 is 0 Å². The molecule has 3 nitrogen and oxygen atoms in total. The van der Waals surface area contributed by atoms with E-state index in [4.69, 9.17) is 0 Å². The Bertz CT molecular complexity index is 432. The molecule has 0 atom stereocenters. The molecule has 2 rings (SSSR count). The smallest absolute Gasteiger partial charge is 0.0836 e. The third-order valence-corrected chi connectivity index (χ3v) is 2.35. The van der Waals surface area contributed by atoms with Crippen molar-refractivity contribution in [3.63, 3.8) is 0 Å². The molecule has 0 bridgehead atoms. The van der Waals surface area contributed by atoms with Crippen molar-refractivity contribution in [2.45, 2.75) is 20.4 Å². The second-order valence-electron chi connectivity index (χ2n) is 3.40. The molecule has 0 aliphatic rings. The van der Waals surface area contributed by atoms with Crippen LogP contribution in [0.5, 0.6) is 0 Å². The van der Waals surface area contributed by atoms with Crippen LogP contribution >= 0.6 is 0 Å². The Morgan fingerprint density at radius 2 is 2.07 bits per heavy atom. The van der Waals surface area contributed by atoms with Crippen molar-refractivity contribution in [2.24, 2.45) is 0 Å². The maximum atomic E-state index is 4.33. The standard InChI is InChI=1S/C11H13N3/c1-9-4-3-6-12-11(9)8-14-10(2)5-7-13-14/h3-7H,8H2,1-2H3. The highest BCUT2D eigenvalue weighted by atomic mass is 15.3. The molecule has 0 amide bonds. The number of pyridine rings is 1. The molecule has 0 saturated heterocycles. The van der Waals surface area contributed by atoms with Crippen molar-refractivity contribution in [2.75, 3.05) is 0 Å². The van der Waals surface area contributed by atoms with Crippen LogP contribution in [0.3, 0.4) is 0 Å². The van der Waals surface area contributed by atoms with E-state index in [0.717, 1.165) is 17.9 Å². The Labute approximate surface area is 83.4 Å². The predicted octanol–water partition coefficient (Wildman–Crippen LogP) is 1.94. The summed E-state index contributed by atoms with van der Waals surface area (Å²) in [6.07, 6.45) is 3.63. The van der Waals surface area contributed by atoms with Crippen molar-refractivity contribution >= 4 is 0 Å². The highest BCUT2D eigenvalue weighted by Crippen LogP contribution is 2.06. The van der Waals surface area contributed by atoms with Crippen LogP contribution < -0.4 is 0 Å². The summed E-state index contributed by atoms with van der Waals surface area (Å²) in [5, 5.41) is 4.23. The molecule has 0 spiro atoms. The normalized spacial score (nSPS) is 10.4. The van der Waals surface area contributed by atoms with Gasteiger partial charge < -0.3 is 0 Å². The zero-order valence-corrected chi connectivity index (χ0v) is 8.44. The molecule has 0 aliphatic carbocycles. The first kappa shape index (κ1) is 8.94. The number of hydrogen-bond donors (Lipinski definition) is 0. The molecule has 2 aromatic heterocycles. The van der Waals surface area contributed by atoms with Crippen LogP contribution in [-0.4, -0.2) is 14.8 Å². The summed E-state index contributed by atoms with van der Waals surface area (Å²) in [6.45, 7) is 4.87. The van der Waals surface area contributed by atoms with Crippen molar-refractivity contribution in [1.29, 1.82) is 0 Å². The maximum Gasteiger partial charge on any atom is 0.0836 e. The van der Waals surface area contributed by atoms with Crippen molar-refractivity contribution in [1.82, 2.24) is 14.8 Å². The molecule has 3 heteroatoms. The van der Waals surface area contributed by atoms with Gasteiger partial charge in [-0.05, 0) is 31.5 Å². The van der Waals surface area contributed by atoms with E-state index in [2.05, 4.69) is 23.1 Å². The monoisotopic (exact) mass is 187 g/mol. The molecule has 0 unspecified atom stereocenters. The van der Waals surface area contributed by atoms with Gasteiger partial charge in [-0.1, -0.05) is 6.07 Å². The fourth-order valence-electron chi connectivity index (χ4n) is 1.39. The molecular weight excluding hydrogens is 174 g/mol. The first-order chi connectivity index (χ1) is 6.77. The summed E-state index contributed by atoms with van der Waals surface area (Å²) < 4.78 is 1.95. The summed E-state index contributed by atoms with van der Waals surface area (Å²) in [6, 6.07) is 6.02. The van der Waals surface area contributed by atoms with E-state index in [9.17, 15) is 0 Å². The van der Waals surface area contributed by atoms with Crippen molar-refractivity contribution in [3.8, 4) is 0 Å². The molecule has 2 heterocycles. The summed E-state index contributed by atoms with van der Waals surface area (Å²) in [5.74, 6) is 0. The van der Waals surface area contributed by atoms with E-state index in [-0.39, 0.29) is 0 Å². The number of aryl methyl sites for hydroxylation is 2. The summed E-state index contributed by atoms with van der Waals surface area (Å²) in [4.78, 5) is 4.33. The molecule has 0 N–H and O–H groups in total. The molecule has 72 valence electrons. The largest absolute Gasteiger partial charge is 0.264 e. The highest BCUT2D eigenvalue weighted by Gasteiger charge is 2.02. The minimum Gasteiger partial charge on any atom is -0.264 e. The molecule has 0 aromatic carbocycles. The van der Waals surface area contributed by atoms with Crippen LogP contribution in [0.25, 0.3) is 0 Å². The molecular formula is C11H13N3. The Balaban J connectivity index is 2.28. The Morgan fingerprint density at radius 3 is 2.71 bits per heavy atom. The Morgan fingerprint density at radius 1 is 1.21 bits per heavy atom. The van der Waals surface area contributed by atoms with Gasteiger partial charge in [-0.2, -0.15) is 5.10 Å². The van der Waals surface area contributed by atoms with E-state index in [1.807, 2.05) is 36.1 Å². The fraction of sp³-hybridized carbons (Fsp3) is 0.273. The van der Waals surface area contributed by atoms with E-state index in [1.165, 1.54) is 5.56 Å². The molecule has 2 aromatic rings. The molecule has 0 fully saturated rings. The van der Waals surface area contributed by atoms with Gasteiger partial charge in [0.1, 0.15) is 0 Å². The number of nitrogens with zero attached hydrogens (tertiary/aromatic N) is 3. The van der Waals surface area contributed by atoms with Crippen LogP contribution in [0.4, 0.5) is 0 Å². The number of hydrogen-bond acceptors (Lipinski definition) is 2. The van der Waals surface area contributed by atoms with E-state index < -0.39 is 0 Å². The quantitative estimate of drug-likeness (QED) is 0.719. The first-order valence-corrected chi connectivity index (χ1v) is 4.66. The van der Waals surface area contributed by atoms with E-state index in [0.29, 0.717) is 0 Å². The zero-order valence-electron chi connectivity index (χ0n) is 8.44. The van der Waals surface area contributed by atoms with Crippen LogP contribution in [0.2, 0.25) is 0 Å². The number of aromatic nitrogens is 3. The van der Waals surface area contributed by atoms with Gasteiger partial charge in [0.25, 0.3) is 0 Å². The van der Waals surface area contributed by atoms with Crippen LogP contribution in [0.15, 0.2) is 30.6 Å². The lowest BCUT2D eigenvalue weighted by Gasteiger charge is -2.05. The highest BCUT2D eigenvalue weighted by molar-refractivity contribution is 5.18.